The zero-order chi connectivity index (χ0) is 15.3. The van der Waals surface area contributed by atoms with E-state index < -0.39 is 36.7 Å². The summed E-state index contributed by atoms with van der Waals surface area (Å²) in [5.74, 6) is -0.189. The number of aliphatic hydroxyl groups excluding tert-OH is 3. The van der Waals surface area contributed by atoms with Crippen molar-refractivity contribution in [1.29, 1.82) is 0 Å². The third-order valence-corrected chi connectivity index (χ3v) is 3.66. The summed E-state index contributed by atoms with van der Waals surface area (Å²) < 4.78 is 7.44. The number of nitrogens with two attached hydrogens (primary N) is 1. The van der Waals surface area contributed by atoms with Gasteiger partial charge in [-0.15, -0.1) is 5.10 Å². The van der Waals surface area contributed by atoms with E-state index in [1.54, 1.807) is 0 Å². The molecule has 1 aliphatic rings. The molecule has 1 fully saturated rings. The molecule has 1 aliphatic heterocycles. The van der Waals surface area contributed by atoms with Crippen molar-refractivity contribution >= 4 is 29.9 Å². The van der Waals surface area contributed by atoms with Gasteiger partial charge in [0.25, 0.3) is 0 Å². The molecule has 3 rings (SSSR count). The number of nitrogen functional groups attached to an aromatic ring is 1. The van der Waals surface area contributed by atoms with Crippen molar-refractivity contribution in [3.63, 3.8) is 0 Å². The Balaban J connectivity index is 2.16. The van der Waals surface area contributed by atoms with Gasteiger partial charge in [0, 0.05) is 0 Å². The van der Waals surface area contributed by atoms with Gasteiger partial charge in [-0.25, -0.2) is 3.97 Å². The minimum absolute atomic E-state index is 0.0608. The Kier molecular flexibility index (Phi) is 3.33. The number of ether oxygens (including phenoxy) is 1. The lowest BCUT2D eigenvalue weighted by atomic mass is 10.1. The maximum absolute atomic E-state index is 11.7. The van der Waals surface area contributed by atoms with Gasteiger partial charge in [0.1, 0.15) is 18.3 Å². The molecule has 4 atom stereocenters. The SMILES string of the molecule is Nc1nc(=O)c2nnn(C3OC(CO)C(O)C3O)c2n1S. The zero-order valence-electron chi connectivity index (χ0n) is 10.4. The first-order valence-corrected chi connectivity index (χ1v) is 6.30. The van der Waals surface area contributed by atoms with Crippen molar-refractivity contribution in [2.24, 2.45) is 0 Å². The second kappa shape index (κ2) is 4.92. The van der Waals surface area contributed by atoms with Crippen LogP contribution in [0.25, 0.3) is 11.2 Å². The van der Waals surface area contributed by atoms with Crippen molar-refractivity contribution < 1.29 is 20.1 Å². The van der Waals surface area contributed by atoms with Crippen LogP contribution in [0.3, 0.4) is 0 Å². The lowest BCUT2D eigenvalue weighted by molar-refractivity contribution is -0.0575. The number of rotatable bonds is 2. The Bertz CT molecular complexity index is 746. The van der Waals surface area contributed by atoms with E-state index in [1.165, 1.54) is 0 Å². The molecule has 5 N–H and O–H groups in total. The molecular weight excluding hydrogens is 304 g/mol. The first-order chi connectivity index (χ1) is 9.95. The minimum atomic E-state index is -1.37. The summed E-state index contributed by atoms with van der Waals surface area (Å²) in [7, 11) is 0. The molecule has 0 amide bonds. The van der Waals surface area contributed by atoms with Gasteiger partial charge < -0.3 is 25.8 Å². The molecule has 3 heterocycles. The summed E-state index contributed by atoms with van der Waals surface area (Å²) in [5, 5.41) is 36.2. The Labute approximate surface area is 122 Å². The summed E-state index contributed by atoms with van der Waals surface area (Å²) in [6.07, 6.45) is -4.81. The van der Waals surface area contributed by atoms with Crippen LogP contribution in [0.4, 0.5) is 5.95 Å². The second-order valence-electron chi connectivity index (χ2n) is 4.52. The molecular formula is C9H12N6O5S. The number of thiol groups is 1. The predicted octanol–water partition coefficient (Wildman–Crippen LogP) is -3.13. The molecule has 0 aliphatic carbocycles. The normalized spacial score (nSPS) is 29.3. The van der Waals surface area contributed by atoms with Crippen LogP contribution in [0.1, 0.15) is 6.23 Å². The number of hydrogen-bond acceptors (Lipinski definition) is 10. The van der Waals surface area contributed by atoms with Gasteiger partial charge in [-0.1, -0.05) is 18.0 Å². The van der Waals surface area contributed by atoms with Crippen LogP contribution in [0.2, 0.25) is 0 Å². The smallest absolute Gasteiger partial charge is 0.304 e. The van der Waals surface area contributed by atoms with Gasteiger partial charge in [-0.05, 0) is 0 Å². The van der Waals surface area contributed by atoms with E-state index in [0.29, 0.717) is 0 Å². The summed E-state index contributed by atoms with van der Waals surface area (Å²) >= 11 is 4.08. The highest BCUT2D eigenvalue weighted by Crippen LogP contribution is 2.30. The van der Waals surface area contributed by atoms with Gasteiger partial charge in [-0.2, -0.15) is 9.67 Å². The van der Waals surface area contributed by atoms with Crippen LogP contribution in [-0.4, -0.2) is 64.2 Å². The van der Waals surface area contributed by atoms with Crippen molar-refractivity contribution in [2.45, 2.75) is 24.5 Å². The first kappa shape index (κ1) is 14.2. The summed E-state index contributed by atoms with van der Waals surface area (Å²) in [4.78, 5) is 15.2. The number of anilines is 1. The number of aromatic nitrogens is 5. The third kappa shape index (κ3) is 1.99. The second-order valence-corrected chi connectivity index (χ2v) is 4.92. The summed E-state index contributed by atoms with van der Waals surface area (Å²) in [6.45, 7) is -0.487. The average molecular weight is 316 g/mol. The van der Waals surface area contributed by atoms with E-state index in [4.69, 9.17) is 15.6 Å². The molecule has 0 bridgehead atoms. The molecule has 1 saturated heterocycles. The van der Waals surface area contributed by atoms with Crippen molar-refractivity contribution in [1.82, 2.24) is 24.0 Å². The number of nitrogens with zero attached hydrogens (tertiary/aromatic N) is 5. The number of hydrogen-bond donors (Lipinski definition) is 5. The molecule has 0 radical (unpaired) electrons. The van der Waals surface area contributed by atoms with Crippen molar-refractivity contribution in [3.8, 4) is 0 Å². The molecule has 0 saturated carbocycles. The standard InChI is InChI=1S/C9H12N6O5S/c10-9-11-6(19)3-7(15(9)21)14(13-12-3)8-5(18)4(17)2(1-16)20-8/h2,4-5,8,16-18,21H,1H2,(H2,10,11,19). The zero-order valence-corrected chi connectivity index (χ0v) is 11.3. The van der Waals surface area contributed by atoms with E-state index >= 15 is 0 Å². The van der Waals surface area contributed by atoms with Crippen LogP contribution in [0.15, 0.2) is 4.79 Å². The molecule has 0 aromatic carbocycles. The Hall–Kier alpha value is -1.73. The molecule has 114 valence electrons. The quantitative estimate of drug-likeness (QED) is 0.361. The maximum Gasteiger partial charge on any atom is 0.304 e. The molecule has 21 heavy (non-hydrogen) atoms. The number of fused-ring (bicyclic) bond motifs is 1. The molecule has 12 heteroatoms. The van der Waals surface area contributed by atoms with Gasteiger partial charge in [0.05, 0.1) is 6.61 Å². The molecule has 2 aromatic heterocycles. The van der Waals surface area contributed by atoms with Gasteiger partial charge >= 0.3 is 5.56 Å². The van der Waals surface area contributed by atoms with E-state index in [-0.39, 0.29) is 17.1 Å². The molecule has 0 spiro atoms. The Morgan fingerprint density at radius 1 is 1.38 bits per heavy atom. The fourth-order valence-corrected chi connectivity index (χ4v) is 2.42. The summed E-state index contributed by atoms with van der Waals surface area (Å²) in [5.41, 5.74) is 4.79. The lowest BCUT2D eigenvalue weighted by Gasteiger charge is -2.16. The largest absolute Gasteiger partial charge is 0.394 e. The molecule has 2 aromatic rings. The van der Waals surface area contributed by atoms with Crippen LogP contribution in [0, 0.1) is 0 Å². The van der Waals surface area contributed by atoms with E-state index in [9.17, 15) is 15.0 Å². The highest BCUT2D eigenvalue weighted by molar-refractivity contribution is 7.78. The van der Waals surface area contributed by atoms with Gasteiger partial charge in [-0.3, -0.25) is 4.79 Å². The highest BCUT2D eigenvalue weighted by Gasteiger charge is 2.44. The summed E-state index contributed by atoms with van der Waals surface area (Å²) in [6, 6.07) is 0. The van der Waals surface area contributed by atoms with Gasteiger partial charge in [0.2, 0.25) is 5.95 Å². The lowest BCUT2D eigenvalue weighted by Crippen LogP contribution is -2.33. The van der Waals surface area contributed by atoms with Crippen molar-refractivity contribution in [2.75, 3.05) is 12.3 Å². The van der Waals surface area contributed by atoms with Gasteiger partial charge in [0.15, 0.2) is 17.4 Å². The Morgan fingerprint density at radius 3 is 2.71 bits per heavy atom. The van der Waals surface area contributed by atoms with Crippen LogP contribution < -0.4 is 11.3 Å². The Morgan fingerprint density at radius 2 is 2.10 bits per heavy atom. The highest BCUT2D eigenvalue weighted by atomic mass is 32.1. The third-order valence-electron chi connectivity index (χ3n) is 3.26. The predicted molar refractivity (Wildman–Crippen MR) is 71.4 cm³/mol. The van der Waals surface area contributed by atoms with E-state index in [2.05, 4.69) is 28.1 Å². The molecule has 4 unspecified atom stereocenters. The van der Waals surface area contributed by atoms with E-state index in [1.807, 2.05) is 0 Å². The minimum Gasteiger partial charge on any atom is -0.394 e. The molecule has 11 nitrogen and oxygen atoms in total. The fourth-order valence-electron chi connectivity index (χ4n) is 2.19. The number of aliphatic hydroxyl groups is 3. The van der Waals surface area contributed by atoms with Crippen LogP contribution in [0.5, 0.6) is 0 Å². The maximum atomic E-state index is 11.7. The van der Waals surface area contributed by atoms with Crippen LogP contribution >= 0.6 is 12.8 Å². The topological polar surface area (TPSA) is 162 Å². The van der Waals surface area contributed by atoms with E-state index in [0.717, 1.165) is 8.65 Å². The average Bonchev–Trinajstić information content (AvgIpc) is 3.00. The van der Waals surface area contributed by atoms with Crippen LogP contribution in [-0.2, 0) is 4.74 Å². The fraction of sp³-hybridized carbons (Fsp3) is 0.556. The van der Waals surface area contributed by atoms with Crippen molar-refractivity contribution in [3.05, 3.63) is 10.4 Å². The monoisotopic (exact) mass is 316 g/mol. The first-order valence-electron chi connectivity index (χ1n) is 5.90.